The third-order valence-corrected chi connectivity index (χ3v) is 2.62. The van der Waals surface area contributed by atoms with E-state index in [1.54, 1.807) is 0 Å². The first-order chi connectivity index (χ1) is 7.24. The van der Waals surface area contributed by atoms with Gasteiger partial charge in [-0.25, -0.2) is 4.98 Å². The lowest BCUT2D eigenvalue weighted by Gasteiger charge is -2.18. The standard InChI is InChI=1S/C11H16N4/c1-14(8-5-12)10-3-6-13-11-9(10)4-7-15(11)2/h3-4,6-7H,5,8,12H2,1-2H3. The van der Waals surface area contributed by atoms with Crippen LogP contribution in [-0.2, 0) is 7.05 Å². The predicted octanol–water partition coefficient (Wildman–Crippen LogP) is 0.968. The third kappa shape index (κ3) is 1.68. The van der Waals surface area contributed by atoms with Gasteiger partial charge in [0.25, 0.3) is 0 Å². The quantitative estimate of drug-likeness (QED) is 0.810. The molecule has 0 saturated heterocycles. The minimum absolute atomic E-state index is 0.660. The van der Waals surface area contributed by atoms with E-state index in [-0.39, 0.29) is 0 Å². The van der Waals surface area contributed by atoms with E-state index in [1.165, 1.54) is 11.1 Å². The number of rotatable bonds is 3. The van der Waals surface area contributed by atoms with Gasteiger partial charge in [-0.2, -0.15) is 0 Å². The van der Waals surface area contributed by atoms with Crippen LogP contribution in [0.5, 0.6) is 0 Å². The zero-order chi connectivity index (χ0) is 10.8. The lowest BCUT2D eigenvalue weighted by atomic mass is 10.2. The summed E-state index contributed by atoms with van der Waals surface area (Å²) in [4.78, 5) is 6.51. The molecule has 2 aromatic rings. The number of hydrogen-bond donors (Lipinski definition) is 1. The molecule has 2 N–H and O–H groups in total. The Balaban J connectivity index is 2.51. The zero-order valence-electron chi connectivity index (χ0n) is 9.14. The molecule has 0 unspecified atom stereocenters. The summed E-state index contributed by atoms with van der Waals surface area (Å²) in [6, 6.07) is 4.11. The molecule has 0 radical (unpaired) electrons. The van der Waals surface area contributed by atoms with Crippen molar-refractivity contribution in [1.82, 2.24) is 9.55 Å². The maximum absolute atomic E-state index is 5.55. The van der Waals surface area contributed by atoms with E-state index >= 15 is 0 Å². The van der Waals surface area contributed by atoms with Gasteiger partial charge in [-0.1, -0.05) is 0 Å². The Hall–Kier alpha value is -1.55. The van der Waals surface area contributed by atoms with Gasteiger partial charge in [-0.05, 0) is 12.1 Å². The van der Waals surface area contributed by atoms with Crippen molar-refractivity contribution in [2.24, 2.45) is 12.8 Å². The zero-order valence-corrected chi connectivity index (χ0v) is 9.14. The highest BCUT2D eigenvalue weighted by molar-refractivity contribution is 5.90. The van der Waals surface area contributed by atoms with Crippen molar-refractivity contribution in [2.45, 2.75) is 0 Å². The Kier molecular flexibility index (Phi) is 2.60. The van der Waals surface area contributed by atoms with E-state index in [0.717, 1.165) is 12.2 Å². The monoisotopic (exact) mass is 204 g/mol. The van der Waals surface area contributed by atoms with Crippen molar-refractivity contribution in [3.05, 3.63) is 24.5 Å². The SMILES string of the molecule is CN(CCN)c1ccnc2c1ccn2C. The van der Waals surface area contributed by atoms with Crippen molar-refractivity contribution in [1.29, 1.82) is 0 Å². The number of anilines is 1. The van der Waals surface area contributed by atoms with Gasteiger partial charge in [0, 0.05) is 50.7 Å². The van der Waals surface area contributed by atoms with Crippen molar-refractivity contribution in [3.8, 4) is 0 Å². The van der Waals surface area contributed by atoms with Crippen LogP contribution in [-0.4, -0.2) is 29.7 Å². The number of likely N-dealkylation sites (N-methyl/N-ethyl adjacent to an activating group) is 1. The Labute approximate surface area is 89.3 Å². The van der Waals surface area contributed by atoms with Gasteiger partial charge < -0.3 is 15.2 Å². The third-order valence-electron chi connectivity index (χ3n) is 2.62. The molecule has 0 bridgehead atoms. The van der Waals surface area contributed by atoms with E-state index < -0.39 is 0 Å². The van der Waals surface area contributed by atoms with Crippen molar-refractivity contribution < 1.29 is 0 Å². The molecule has 0 aliphatic carbocycles. The van der Waals surface area contributed by atoms with Gasteiger partial charge in [0.05, 0.1) is 0 Å². The van der Waals surface area contributed by atoms with Gasteiger partial charge >= 0.3 is 0 Å². The minimum atomic E-state index is 0.660. The average Bonchev–Trinajstić information content (AvgIpc) is 2.61. The largest absolute Gasteiger partial charge is 0.373 e. The lowest BCUT2D eigenvalue weighted by Crippen LogP contribution is -2.25. The van der Waals surface area contributed by atoms with E-state index in [2.05, 4.69) is 23.0 Å². The first-order valence-corrected chi connectivity index (χ1v) is 5.05. The van der Waals surface area contributed by atoms with E-state index in [4.69, 9.17) is 5.73 Å². The molecule has 4 heteroatoms. The van der Waals surface area contributed by atoms with Crippen LogP contribution in [0.4, 0.5) is 5.69 Å². The van der Waals surface area contributed by atoms with Crippen molar-refractivity contribution in [3.63, 3.8) is 0 Å². The Morgan fingerprint density at radius 1 is 1.47 bits per heavy atom. The first-order valence-electron chi connectivity index (χ1n) is 5.05. The fraction of sp³-hybridized carbons (Fsp3) is 0.364. The highest BCUT2D eigenvalue weighted by Crippen LogP contribution is 2.24. The average molecular weight is 204 g/mol. The molecule has 0 aliphatic heterocycles. The Bertz CT molecular complexity index is 461. The second-order valence-electron chi connectivity index (χ2n) is 3.70. The molecule has 2 heterocycles. The van der Waals surface area contributed by atoms with Gasteiger partial charge in [0.1, 0.15) is 5.65 Å². The molecule has 4 nitrogen and oxygen atoms in total. The fourth-order valence-corrected chi connectivity index (χ4v) is 1.80. The van der Waals surface area contributed by atoms with Crippen LogP contribution in [0.25, 0.3) is 11.0 Å². The number of hydrogen-bond acceptors (Lipinski definition) is 3. The molecule has 2 aromatic heterocycles. The van der Waals surface area contributed by atoms with Gasteiger partial charge in [0.2, 0.25) is 0 Å². The fourth-order valence-electron chi connectivity index (χ4n) is 1.80. The lowest BCUT2D eigenvalue weighted by molar-refractivity contribution is 0.887. The summed E-state index contributed by atoms with van der Waals surface area (Å²) in [7, 11) is 4.05. The van der Waals surface area contributed by atoms with Crippen LogP contribution in [0.1, 0.15) is 0 Å². The first kappa shape index (κ1) is 9.98. The Morgan fingerprint density at radius 3 is 3.00 bits per heavy atom. The van der Waals surface area contributed by atoms with Gasteiger partial charge in [-0.15, -0.1) is 0 Å². The van der Waals surface area contributed by atoms with Crippen molar-refractivity contribution in [2.75, 3.05) is 25.0 Å². The highest BCUT2D eigenvalue weighted by Gasteiger charge is 2.07. The summed E-state index contributed by atoms with van der Waals surface area (Å²) in [5, 5.41) is 1.18. The molecule has 0 spiro atoms. The molecule has 2 rings (SSSR count). The molecule has 0 aromatic carbocycles. The molecule has 0 aliphatic rings. The number of aromatic nitrogens is 2. The summed E-state index contributed by atoms with van der Waals surface area (Å²) in [5.41, 5.74) is 7.75. The van der Waals surface area contributed by atoms with Crippen LogP contribution in [0.2, 0.25) is 0 Å². The molecule has 0 atom stereocenters. The van der Waals surface area contributed by atoms with Crippen LogP contribution >= 0.6 is 0 Å². The summed E-state index contributed by atoms with van der Waals surface area (Å²) in [5.74, 6) is 0. The highest BCUT2D eigenvalue weighted by atomic mass is 15.1. The van der Waals surface area contributed by atoms with Crippen LogP contribution < -0.4 is 10.6 Å². The molecular formula is C11H16N4. The molecule has 80 valence electrons. The smallest absolute Gasteiger partial charge is 0.141 e. The second kappa shape index (κ2) is 3.90. The number of nitrogens with two attached hydrogens (primary N) is 1. The number of nitrogens with zero attached hydrogens (tertiary/aromatic N) is 3. The molecule has 15 heavy (non-hydrogen) atoms. The Morgan fingerprint density at radius 2 is 2.27 bits per heavy atom. The van der Waals surface area contributed by atoms with Gasteiger partial charge in [0.15, 0.2) is 0 Å². The normalized spacial score (nSPS) is 10.9. The number of pyridine rings is 1. The van der Waals surface area contributed by atoms with Crippen molar-refractivity contribution >= 4 is 16.7 Å². The van der Waals surface area contributed by atoms with Crippen LogP contribution in [0.15, 0.2) is 24.5 Å². The molecule has 0 saturated carbocycles. The maximum Gasteiger partial charge on any atom is 0.141 e. The molecule has 0 fully saturated rings. The number of aryl methyl sites for hydroxylation is 1. The van der Waals surface area contributed by atoms with E-state index in [1.807, 2.05) is 30.1 Å². The van der Waals surface area contributed by atoms with Crippen LogP contribution in [0, 0.1) is 0 Å². The minimum Gasteiger partial charge on any atom is -0.373 e. The summed E-state index contributed by atoms with van der Waals surface area (Å²) in [6.45, 7) is 1.52. The van der Waals surface area contributed by atoms with Gasteiger partial charge in [-0.3, -0.25) is 0 Å². The predicted molar refractivity (Wildman–Crippen MR) is 63.0 cm³/mol. The summed E-state index contributed by atoms with van der Waals surface area (Å²) >= 11 is 0. The summed E-state index contributed by atoms with van der Waals surface area (Å²) in [6.07, 6.45) is 3.86. The molecule has 0 amide bonds. The topological polar surface area (TPSA) is 47.1 Å². The number of fused-ring (bicyclic) bond motifs is 1. The second-order valence-corrected chi connectivity index (χ2v) is 3.70. The van der Waals surface area contributed by atoms with E-state index in [9.17, 15) is 0 Å². The van der Waals surface area contributed by atoms with Crippen LogP contribution in [0.3, 0.4) is 0 Å². The van der Waals surface area contributed by atoms with E-state index in [0.29, 0.717) is 6.54 Å². The maximum atomic E-state index is 5.55. The molecular weight excluding hydrogens is 188 g/mol. The summed E-state index contributed by atoms with van der Waals surface area (Å²) < 4.78 is 2.02.